The highest BCUT2D eigenvalue weighted by atomic mass is 32.2. The third-order valence-electron chi connectivity index (χ3n) is 13.4. The Labute approximate surface area is 384 Å². The molecule has 0 amide bonds. The van der Waals surface area contributed by atoms with Gasteiger partial charge in [-0.25, -0.2) is 26.8 Å². The lowest BCUT2D eigenvalue weighted by atomic mass is 9.94. The monoisotopic (exact) mass is 940 g/mol. The minimum absolute atomic E-state index is 0.168. The van der Waals surface area contributed by atoms with E-state index in [0.717, 1.165) is 87.9 Å². The molecular weight excluding hydrogens is 873 g/mol. The molecule has 0 aliphatic carbocycles. The van der Waals surface area contributed by atoms with Crippen molar-refractivity contribution in [1.82, 2.24) is 27.7 Å². The SMILES string of the molecule is CC(C)(C)c1nc2cc(S(=O)(=O)N3CCC(C(=O)O)CC3)ccc2n1CC1CCOCC1.COC(=O)C1CCN(S(=O)(=O)c2ccc3c(c2)nc(C(C)(C)C)n3CC2CCOCC2)CC1. The van der Waals surface area contributed by atoms with Gasteiger partial charge in [0.25, 0.3) is 0 Å². The van der Waals surface area contributed by atoms with E-state index in [1.165, 1.54) is 15.7 Å². The Morgan fingerprint density at radius 1 is 0.631 bits per heavy atom. The fourth-order valence-corrected chi connectivity index (χ4v) is 12.5. The van der Waals surface area contributed by atoms with Crippen molar-refractivity contribution in [3.63, 3.8) is 0 Å². The molecule has 4 aliphatic heterocycles. The standard InChI is InChI=1S/C24H35N3O5S.C23H33N3O5S/c1-24(2,3)23-25-20-15-19(5-6-21(20)27(23)16-17-9-13-32-14-10-17)33(29,30)26-11-7-18(8-12-26)22(28)31-4;1-23(2,3)22-24-19-14-18(32(29,30)25-10-6-17(7-11-25)21(27)28)4-5-20(19)26(22)15-16-8-12-31-13-9-16/h5-6,15,17-18H,7-14,16H2,1-4H3;4-5,14,16-17H,6-13,15H2,1-3H3,(H,27,28). The molecule has 6 heterocycles. The summed E-state index contributed by atoms with van der Waals surface area (Å²) in [4.78, 5) is 33.2. The van der Waals surface area contributed by atoms with E-state index < -0.39 is 31.9 Å². The van der Waals surface area contributed by atoms with E-state index in [9.17, 15) is 31.5 Å². The highest BCUT2D eigenvalue weighted by Crippen LogP contribution is 2.34. The highest BCUT2D eigenvalue weighted by Gasteiger charge is 2.35. The molecule has 4 saturated heterocycles. The van der Waals surface area contributed by atoms with Crippen LogP contribution in [0.1, 0.15) is 105 Å². The first-order valence-corrected chi connectivity index (χ1v) is 26.0. The summed E-state index contributed by atoms with van der Waals surface area (Å²) >= 11 is 0. The van der Waals surface area contributed by atoms with Gasteiger partial charge in [-0.2, -0.15) is 8.61 Å². The summed E-state index contributed by atoms with van der Waals surface area (Å²) in [5.74, 6) is 1.14. The van der Waals surface area contributed by atoms with Gasteiger partial charge in [0.15, 0.2) is 0 Å². The van der Waals surface area contributed by atoms with Crippen LogP contribution in [0, 0.1) is 23.7 Å². The van der Waals surface area contributed by atoms with E-state index in [1.54, 1.807) is 24.3 Å². The third-order valence-corrected chi connectivity index (χ3v) is 17.2. The third kappa shape index (κ3) is 10.9. The van der Waals surface area contributed by atoms with Crippen LogP contribution in [0.25, 0.3) is 22.1 Å². The maximum absolute atomic E-state index is 13.3. The predicted octanol–water partition coefficient (Wildman–Crippen LogP) is 6.58. The molecule has 1 N–H and O–H groups in total. The molecule has 18 heteroatoms. The van der Waals surface area contributed by atoms with Crippen molar-refractivity contribution in [3.05, 3.63) is 48.0 Å². The van der Waals surface area contributed by atoms with Crippen molar-refractivity contribution in [2.24, 2.45) is 23.7 Å². The minimum Gasteiger partial charge on any atom is -0.481 e. The number of hydrogen-bond donors (Lipinski definition) is 1. The molecule has 0 saturated carbocycles. The minimum atomic E-state index is -3.69. The molecule has 8 rings (SSSR count). The van der Waals surface area contributed by atoms with Crippen LogP contribution in [0.3, 0.4) is 0 Å². The summed E-state index contributed by atoms with van der Waals surface area (Å²) < 4.78 is 76.4. The van der Waals surface area contributed by atoms with Gasteiger partial charge in [0.2, 0.25) is 20.0 Å². The summed E-state index contributed by atoms with van der Waals surface area (Å²) in [6.45, 7) is 18.7. The number of piperidine rings is 2. The number of carboxylic acids is 1. The second-order valence-electron chi connectivity index (χ2n) is 20.2. The van der Waals surface area contributed by atoms with E-state index in [1.807, 2.05) is 12.1 Å². The molecule has 0 unspecified atom stereocenters. The number of imidazole rings is 2. The number of nitrogens with zero attached hydrogens (tertiary/aromatic N) is 6. The van der Waals surface area contributed by atoms with Crippen LogP contribution in [-0.4, -0.2) is 121 Å². The lowest BCUT2D eigenvalue weighted by Gasteiger charge is -2.29. The van der Waals surface area contributed by atoms with E-state index in [0.29, 0.717) is 61.6 Å². The molecule has 0 spiro atoms. The smallest absolute Gasteiger partial charge is 0.308 e. The second-order valence-corrected chi connectivity index (χ2v) is 24.1. The fourth-order valence-electron chi connectivity index (χ4n) is 9.57. The van der Waals surface area contributed by atoms with Crippen molar-refractivity contribution < 1.29 is 45.7 Å². The van der Waals surface area contributed by atoms with E-state index in [2.05, 4.69) is 50.7 Å². The number of benzene rings is 2. The maximum Gasteiger partial charge on any atom is 0.308 e. The Morgan fingerprint density at radius 2 is 1.00 bits per heavy atom. The molecule has 16 nitrogen and oxygen atoms in total. The Hall–Kier alpha value is -3.94. The topological polar surface area (TPSA) is 192 Å². The second kappa shape index (κ2) is 19.7. The zero-order chi connectivity index (χ0) is 46.9. The van der Waals surface area contributed by atoms with Crippen molar-refractivity contribution in [2.75, 3.05) is 59.7 Å². The van der Waals surface area contributed by atoms with Crippen molar-refractivity contribution in [1.29, 1.82) is 0 Å². The largest absolute Gasteiger partial charge is 0.481 e. The summed E-state index contributed by atoms with van der Waals surface area (Å²) in [5.41, 5.74) is 2.96. The molecule has 65 heavy (non-hydrogen) atoms. The zero-order valence-corrected chi connectivity index (χ0v) is 40.8. The van der Waals surface area contributed by atoms with Gasteiger partial charge in [-0.1, -0.05) is 41.5 Å². The number of ether oxygens (including phenoxy) is 3. The Kier molecular flexibility index (Phi) is 14.9. The van der Waals surface area contributed by atoms with Gasteiger partial charge in [-0.05, 0) is 99.6 Å². The van der Waals surface area contributed by atoms with Crippen LogP contribution in [0.5, 0.6) is 0 Å². The van der Waals surface area contributed by atoms with Crippen LogP contribution in [0.15, 0.2) is 46.2 Å². The first-order chi connectivity index (χ1) is 30.7. The summed E-state index contributed by atoms with van der Waals surface area (Å²) in [5, 5.41) is 9.19. The highest BCUT2D eigenvalue weighted by molar-refractivity contribution is 7.89. The van der Waals surface area contributed by atoms with Gasteiger partial charge < -0.3 is 28.5 Å². The number of carbonyl (C=O) groups excluding carboxylic acids is 1. The van der Waals surface area contributed by atoms with Gasteiger partial charge in [-0.3, -0.25) is 9.59 Å². The summed E-state index contributed by atoms with van der Waals surface area (Å²) in [7, 11) is -5.99. The first-order valence-electron chi connectivity index (χ1n) is 23.2. The molecule has 2 aromatic carbocycles. The number of fused-ring (bicyclic) bond motifs is 2. The molecular formula is C47H68N6O10S2. The number of rotatable bonds is 10. The number of aromatic nitrogens is 4. The lowest BCUT2D eigenvalue weighted by molar-refractivity contribution is -0.146. The fraction of sp³-hybridized carbons (Fsp3) is 0.660. The molecule has 2 aromatic heterocycles. The van der Waals surface area contributed by atoms with Crippen LogP contribution in [0.2, 0.25) is 0 Å². The molecule has 0 atom stereocenters. The summed E-state index contributed by atoms with van der Waals surface area (Å²) in [6.07, 6.45) is 5.71. The average Bonchev–Trinajstić information content (AvgIpc) is 3.85. The van der Waals surface area contributed by atoms with Gasteiger partial charge in [0.1, 0.15) is 11.6 Å². The van der Waals surface area contributed by atoms with Crippen LogP contribution >= 0.6 is 0 Å². The number of methoxy groups -OCH3 is 1. The van der Waals surface area contributed by atoms with Gasteiger partial charge in [-0.15, -0.1) is 0 Å². The molecule has 4 aromatic rings. The number of carbonyl (C=O) groups is 2. The number of carboxylic acid groups (broad SMARTS) is 1. The Morgan fingerprint density at radius 3 is 1.34 bits per heavy atom. The Balaban J connectivity index is 0.000000194. The van der Waals surface area contributed by atoms with Crippen LogP contribution in [-0.2, 0) is 67.8 Å². The zero-order valence-electron chi connectivity index (χ0n) is 39.1. The van der Waals surface area contributed by atoms with Gasteiger partial charge in [0, 0.05) is 76.5 Å². The van der Waals surface area contributed by atoms with Crippen LogP contribution < -0.4 is 0 Å². The molecule has 0 radical (unpaired) electrons. The molecule has 0 bridgehead atoms. The normalized spacial score (nSPS) is 19.9. The van der Waals surface area contributed by atoms with Crippen molar-refractivity contribution in [3.8, 4) is 0 Å². The van der Waals surface area contributed by atoms with E-state index >= 15 is 0 Å². The predicted molar refractivity (Wildman–Crippen MR) is 247 cm³/mol. The van der Waals surface area contributed by atoms with Crippen molar-refractivity contribution in [2.45, 2.75) is 127 Å². The summed E-state index contributed by atoms with van der Waals surface area (Å²) in [6, 6.07) is 10.5. The number of sulfonamides is 2. The number of hydrogen-bond acceptors (Lipinski definition) is 11. The maximum atomic E-state index is 13.3. The van der Waals surface area contributed by atoms with E-state index in [4.69, 9.17) is 24.2 Å². The van der Waals surface area contributed by atoms with Crippen LogP contribution in [0.4, 0.5) is 0 Å². The van der Waals surface area contributed by atoms with Gasteiger partial charge >= 0.3 is 11.9 Å². The first kappa shape index (κ1) is 49.0. The molecule has 4 aliphatic rings. The quantitative estimate of drug-likeness (QED) is 0.168. The van der Waals surface area contributed by atoms with Crippen molar-refractivity contribution >= 4 is 54.1 Å². The molecule has 358 valence electrons. The molecule has 4 fully saturated rings. The van der Waals surface area contributed by atoms with Gasteiger partial charge in [0.05, 0.1) is 50.8 Å². The lowest BCUT2D eigenvalue weighted by Crippen LogP contribution is -2.40. The Bertz CT molecular complexity index is 2550. The average molecular weight is 941 g/mol. The number of esters is 1. The number of aliphatic carboxylic acids is 1. The van der Waals surface area contributed by atoms with E-state index in [-0.39, 0.29) is 45.6 Å².